The van der Waals surface area contributed by atoms with E-state index in [4.69, 9.17) is 0 Å². The van der Waals surface area contributed by atoms with Crippen LogP contribution in [0.3, 0.4) is 0 Å². The fourth-order valence-corrected chi connectivity index (χ4v) is 5.86. The van der Waals surface area contributed by atoms with Gasteiger partial charge in [-0.15, -0.1) is 0 Å². The summed E-state index contributed by atoms with van der Waals surface area (Å²) in [5, 5.41) is 13.0. The third kappa shape index (κ3) is 2.76. The Balaban J connectivity index is 1.64. The zero-order chi connectivity index (χ0) is 24.4. The van der Waals surface area contributed by atoms with Crippen LogP contribution in [0.4, 0.5) is 0 Å². The molecule has 0 radical (unpaired) electrons. The number of aryl methyl sites for hydroxylation is 2. The Hall–Kier alpha value is -4.42. The molecule has 2 amide bonds. The number of imide groups is 1. The SMILES string of the molecule is O=C1c2c(c3c4ccccc4n(CCc4ccccc4)c3c3[nH]c4ccccc4c23)C(=O)N1CCO. The van der Waals surface area contributed by atoms with Crippen molar-refractivity contribution in [3.05, 3.63) is 95.6 Å². The normalized spacial score (nSPS) is 13.6. The van der Waals surface area contributed by atoms with Gasteiger partial charge < -0.3 is 14.7 Å². The van der Waals surface area contributed by atoms with E-state index in [1.165, 1.54) is 10.5 Å². The van der Waals surface area contributed by atoms with Crippen molar-refractivity contribution in [2.75, 3.05) is 13.2 Å². The van der Waals surface area contributed by atoms with Gasteiger partial charge >= 0.3 is 0 Å². The largest absolute Gasteiger partial charge is 0.395 e. The van der Waals surface area contributed by atoms with Gasteiger partial charge in [0.05, 0.1) is 35.3 Å². The van der Waals surface area contributed by atoms with Gasteiger partial charge in [-0.1, -0.05) is 66.7 Å². The number of nitrogens with one attached hydrogen (secondary N) is 1. The van der Waals surface area contributed by atoms with Gasteiger partial charge in [0.15, 0.2) is 0 Å². The number of fused-ring (bicyclic) bond motifs is 10. The number of benzene rings is 4. The Morgan fingerprint density at radius 2 is 1.39 bits per heavy atom. The highest BCUT2D eigenvalue weighted by atomic mass is 16.3. The number of aromatic amines is 1. The summed E-state index contributed by atoms with van der Waals surface area (Å²) in [5.41, 5.74) is 5.85. The van der Waals surface area contributed by atoms with Crippen LogP contribution >= 0.6 is 0 Å². The number of β-amino-alcohol motifs (C(OH)–C–C–N with tert-alkyl or cyclic N) is 1. The predicted molar refractivity (Wildman–Crippen MR) is 141 cm³/mol. The average Bonchev–Trinajstić information content (AvgIpc) is 3.53. The highest BCUT2D eigenvalue weighted by Crippen LogP contribution is 2.45. The topological polar surface area (TPSA) is 78.3 Å². The second kappa shape index (κ2) is 7.80. The molecule has 6 nitrogen and oxygen atoms in total. The molecule has 4 aromatic carbocycles. The summed E-state index contributed by atoms with van der Waals surface area (Å²) in [6.07, 6.45) is 0.830. The minimum atomic E-state index is -0.346. The molecular weight excluding hydrogens is 450 g/mol. The van der Waals surface area contributed by atoms with E-state index in [0.29, 0.717) is 11.1 Å². The minimum absolute atomic E-state index is 0.0235. The van der Waals surface area contributed by atoms with E-state index in [1.54, 1.807) is 0 Å². The van der Waals surface area contributed by atoms with Crippen molar-refractivity contribution in [1.29, 1.82) is 0 Å². The van der Waals surface area contributed by atoms with Gasteiger partial charge in [-0.25, -0.2) is 0 Å². The van der Waals surface area contributed by atoms with Crippen molar-refractivity contribution < 1.29 is 14.7 Å². The highest BCUT2D eigenvalue weighted by molar-refractivity contribution is 6.39. The summed E-state index contributed by atoms with van der Waals surface area (Å²) in [4.78, 5) is 32.1. The average molecular weight is 474 g/mol. The number of nitrogens with zero attached hydrogens (tertiary/aromatic N) is 2. The molecule has 0 fully saturated rings. The lowest BCUT2D eigenvalue weighted by Gasteiger charge is -2.10. The smallest absolute Gasteiger partial charge is 0.262 e. The molecule has 36 heavy (non-hydrogen) atoms. The lowest BCUT2D eigenvalue weighted by atomic mass is 9.97. The zero-order valence-corrected chi connectivity index (χ0v) is 19.5. The molecule has 2 N–H and O–H groups in total. The van der Waals surface area contributed by atoms with Crippen molar-refractivity contribution >= 4 is 55.4 Å². The minimum Gasteiger partial charge on any atom is -0.395 e. The monoisotopic (exact) mass is 473 g/mol. The number of hydrogen-bond acceptors (Lipinski definition) is 3. The van der Waals surface area contributed by atoms with Crippen molar-refractivity contribution in [2.45, 2.75) is 13.0 Å². The summed E-state index contributed by atoms with van der Waals surface area (Å²) in [7, 11) is 0. The molecule has 6 aromatic rings. The van der Waals surface area contributed by atoms with Crippen molar-refractivity contribution in [3.63, 3.8) is 0 Å². The van der Waals surface area contributed by atoms with E-state index in [-0.39, 0.29) is 25.0 Å². The van der Waals surface area contributed by atoms with E-state index in [0.717, 1.165) is 56.6 Å². The third-order valence-corrected chi connectivity index (χ3v) is 7.37. The Morgan fingerprint density at radius 3 is 2.17 bits per heavy atom. The Bertz CT molecular complexity index is 1850. The molecule has 0 unspecified atom stereocenters. The molecule has 0 spiro atoms. The maximum atomic E-state index is 13.7. The first-order valence-corrected chi connectivity index (χ1v) is 12.2. The van der Waals surface area contributed by atoms with Crippen LogP contribution in [0.5, 0.6) is 0 Å². The Kier molecular flexibility index (Phi) is 4.53. The van der Waals surface area contributed by atoms with Crippen molar-refractivity contribution in [2.24, 2.45) is 0 Å². The Labute approximate surface area is 206 Å². The van der Waals surface area contributed by atoms with Crippen LogP contribution in [0, 0.1) is 0 Å². The van der Waals surface area contributed by atoms with Crippen molar-refractivity contribution in [3.8, 4) is 0 Å². The molecule has 1 aliphatic heterocycles. The van der Waals surface area contributed by atoms with Crippen LogP contribution in [0.15, 0.2) is 78.9 Å². The first-order valence-electron chi connectivity index (χ1n) is 12.2. The molecule has 0 saturated carbocycles. The summed E-state index contributed by atoms with van der Waals surface area (Å²) < 4.78 is 2.28. The van der Waals surface area contributed by atoms with Gasteiger partial charge in [0.25, 0.3) is 11.8 Å². The fourth-order valence-electron chi connectivity index (χ4n) is 5.86. The lowest BCUT2D eigenvalue weighted by molar-refractivity contribution is 0.0625. The number of carbonyl (C=O) groups is 2. The maximum Gasteiger partial charge on any atom is 0.262 e. The van der Waals surface area contributed by atoms with Gasteiger partial charge in [-0.2, -0.15) is 0 Å². The zero-order valence-electron chi connectivity index (χ0n) is 19.5. The second-order valence-electron chi connectivity index (χ2n) is 9.28. The van der Waals surface area contributed by atoms with Gasteiger partial charge in [-0.3, -0.25) is 14.5 Å². The number of aliphatic hydroxyl groups excluding tert-OH is 1. The predicted octanol–water partition coefficient (Wildman–Crippen LogP) is 5.26. The quantitative estimate of drug-likeness (QED) is 0.335. The van der Waals surface area contributed by atoms with E-state index < -0.39 is 0 Å². The number of aliphatic hydroxyl groups is 1. The van der Waals surface area contributed by atoms with Crippen molar-refractivity contribution in [1.82, 2.24) is 14.5 Å². The van der Waals surface area contributed by atoms with Gasteiger partial charge in [0.1, 0.15) is 0 Å². The van der Waals surface area contributed by atoms with Gasteiger partial charge in [-0.05, 0) is 24.1 Å². The number of amides is 2. The maximum absolute atomic E-state index is 13.7. The third-order valence-electron chi connectivity index (χ3n) is 7.37. The van der Waals surface area contributed by atoms with Gasteiger partial charge in [0, 0.05) is 39.1 Å². The number of carbonyl (C=O) groups excluding carboxylic acids is 2. The molecule has 0 saturated heterocycles. The molecule has 7 rings (SSSR count). The van der Waals surface area contributed by atoms with Crippen LogP contribution < -0.4 is 0 Å². The molecule has 176 valence electrons. The summed E-state index contributed by atoms with van der Waals surface area (Å²) in [6.45, 7) is 0.425. The molecule has 1 aliphatic rings. The van der Waals surface area contributed by atoms with E-state index in [9.17, 15) is 14.7 Å². The molecule has 6 heteroatoms. The molecule has 0 bridgehead atoms. The van der Waals surface area contributed by atoms with E-state index in [2.05, 4.69) is 27.8 Å². The highest BCUT2D eigenvalue weighted by Gasteiger charge is 2.41. The molecule has 2 aromatic heterocycles. The summed E-state index contributed by atoms with van der Waals surface area (Å²) in [5.74, 6) is -0.686. The summed E-state index contributed by atoms with van der Waals surface area (Å²) >= 11 is 0. The van der Waals surface area contributed by atoms with Crippen LogP contribution in [-0.2, 0) is 13.0 Å². The molecule has 3 heterocycles. The number of aromatic nitrogens is 2. The number of rotatable bonds is 5. The van der Waals surface area contributed by atoms with Crippen LogP contribution in [0.1, 0.15) is 26.3 Å². The number of H-pyrrole nitrogens is 1. The lowest BCUT2D eigenvalue weighted by Crippen LogP contribution is -2.32. The van der Waals surface area contributed by atoms with Crippen LogP contribution in [0.25, 0.3) is 43.6 Å². The molecule has 0 aliphatic carbocycles. The van der Waals surface area contributed by atoms with Gasteiger partial charge in [0.2, 0.25) is 0 Å². The number of para-hydroxylation sites is 2. The Morgan fingerprint density at radius 1 is 0.722 bits per heavy atom. The first-order chi connectivity index (χ1) is 17.7. The van der Waals surface area contributed by atoms with Crippen LogP contribution in [0.2, 0.25) is 0 Å². The van der Waals surface area contributed by atoms with E-state index >= 15 is 0 Å². The molecular formula is C30H23N3O3. The fraction of sp³-hybridized carbons (Fsp3) is 0.133. The number of hydrogen-bond donors (Lipinski definition) is 2. The summed E-state index contributed by atoms with van der Waals surface area (Å²) in [6, 6.07) is 26.3. The van der Waals surface area contributed by atoms with Crippen LogP contribution in [-0.4, -0.2) is 44.5 Å². The first kappa shape index (κ1) is 20.9. The van der Waals surface area contributed by atoms with E-state index in [1.807, 2.05) is 60.7 Å². The standard InChI is InChI=1S/C30H23N3O3/c34-17-16-33-29(35)25-23-19-10-4-6-12-21(19)31-27(23)28-24(26(25)30(33)36)20-11-5-7-13-22(20)32(28)15-14-18-8-2-1-3-9-18/h1-13,31,34H,14-17H2. The second-order valence-corrected chi connectivity index (χ2v) is 9.28. The molecule has 0 atom stereocenters.